The molecule has 0 spiro atoms. The molecule has 5 rings (SSSR count). The van der Waals surface area contributed by atoms with Gasteiger partial charge in [0.2, 0.25) is 0 Å². The van der Waals surface area contributed by atoms with Crippen molar-refractivity contribution in [3.63, 3.8) is 0 Å². The zero-order valence-corrected chi connectivity index (χ0v) is 22.9. The number of rotatable bonds is 11. The van der Waals surface area contributed by atoms with E-state index < -0.39 is 0 Å². The first-order valence-corrected chi connectivity index (χ1v) is 13.9. The van der Waals surface area contributed by atoms with Gasteiger partial charge in [0.25, 0.3) is 11.8 Å². The molecule has 0 atom stereocenters. The molecule has 0 unspecified atom stereocenters. The Morgan fingerprint density at radius 1 is 0.925 bits per heavy atom. The third kappa shape index (κ3) is 6.82. The van der Waals surface area contributed by atoms with Crippen LogP contribution in [0.2, 0.25) is 0 Å². The summed E-state index contributed by atoms with van der Waals surface area (Å²) in [5.74, 6) is 1.20. The second-order valence-corrected chi connectivity index (χ2v) is 10.0. The average Bonchev–Trinajstić information content (AvgIpc) is 3.77. The fourth-order valence-corrected chi connectivity index (χ4v) is 4.96. The molecule has 4 heterocycles. The van der Waals surface area contributed by atoms with Gasteiger partial charge in [0, 0.05) is 51.2 Å². The molecular weight excluding hydrogens is 504 g/mol. The lowest BCUT2D eigenvalue weighted by Crippen LogP contribution is -2.48. The van der Waals surface area contributed by atoms with Gasteiger partial charge in [-0.2, -0.15) is 0 Å². The molecule has 1 saturated heterocycles. The van der Waals surface area contributed by atoms with E-state index in [1.165, 1.54) is 11.8 Å². The van der Waals surface area contributed by atoms with Gasteiger partial charge in [0.1, 0.15) is 5.76 Å². The Morgan fingerprint density at radius 3 is 2.50 bits per heavy atom. The second-order valence-electron chi connectivity index (χ2n) is 10.0. The summed E-state index contributed by atoms with van der Waals surface area (Å²) in [6.07, 6.45) is 8.63. The number of furan rings is 2. The highest BCUT2D eigenvalue weighted by Gasteiger charge is 2.24. The van der Waals surface area contributed by atoms with Crippen LogP contribution in [0.1, 0.15) is 51.5 Å². The number of amides is 2. The first-order valence-electron chi connectivity index (χ1n) is 13.9. The Hall–Kier alpha value is -4.30. The van der Waals surface area contributed by atoms with Crippen LogP contribution in [0.5, 0.6) is 0 Å². The number of piperazine rings is 1. The molecule has 1 aromatic carbocycles. The van der Waals surface area contributed by atoms with E-state index >= 15 is 0 Å². The normalized spacial score (nSPS) is 14.2. The zero-order chi connectivity index (χ0) is 27.7. The van der Waals surface area contributed by atoms with Crippen LogP contribution in [-0.2, 0) is 13.1 Å². The number of aromatic nitrogens is 1. The Balaban J connectivity index is 1.14. The zero-order valence-electron chi connectivity index (χ0n) is 22.9. The van der Waals surface area contributed by atoms with Gasteiger partial charge in [-0.25, -0.2) is 0 Å². The molecule has 0 bridgehead atoms. The van der Waals surface area contributed by atoms with Crippen molar-refractivity contribution in [1.29, 1.82) is 0 Å². The third-order valence-electron chi connectivity index (χ3n) is 7.12. The monoisotopic (exact) mass is 540 g/mol. The largest absolute Gasteiger partial charge is 0.459 e. The van der Waals surface area contributed by atoms with E-state index in [9.17, 15) is 9.59 Å². The van der Waals surface area contributed by atoms with Crippen LogP contribution >= 0.6 is 0 Å². The highest BCUT2D eigenvalue weighted by atomic mass is 16.4. The quantitative estimate of drug-likeness (QED) is 0.260. The molecule has 8 nitrogen and oxygen atoms in total. The highest BCUT2D eigenvalue weighted by Crippen LogP contribution is 2.17. The molecule has 4 aromatic rings. The van der Waals surface area contributed by atoms with Gasteiger partial charge in [-0.05, 0) is 48.4 Å². The van der Waals surface area contributed by atoms with E-state index in [1.54, 1.807) is 23.1 Å². The van der Waals surface area contributed by atoms with Crippen molar-refractivity contribution in [1.82, 2.24) is 19.3 Å². The van der Waals surface area contributed by atoms with Gasteiger partial charge in [-0.1, -0.05) is 49.4 Å². The van der Waals surface area contributed by atoms with Gasteiger partial charge >= 0.3 is 0 Å². The maximum absolute atomic E-state index is 13.1. The maximum atomic E-state index is 13.1. The lowest BCUT2D eigenvalue weighted by atomic mass is 10.2. The smallest absolute Gasteiger partial charge is 0.289 e. The summed E-state index contributed by atoms with van der Waals surface area (Å²) in [5, 5.41) is 0. The summed E-state index contributed by atoms with van der Waals surface area (Å²) in [6.45, 7) is 7.48. The minimum atomic E-state index is -0.127. The van der Waals surface area contributed by atoms with E-state index in [2.05, 4.69) is 29.2 Å². The maximum Gasteiger partial charge on any atom is 0.289 e. The fourth-order valence-electron chi connectivity index (χ4n) is 4.96. The predicted molar refractivity (Wildman–Crippen MR) is 154 cm³/mol. The summed E-state index contributed by atoms with van der Waals surface area (Å²) < 4.78 is 13.4. The number of hydrogen-bond donors (Lipinski definition) is 0. The lowest BCUT2D eigenvalue weighted by molar-refractivity contribution is 0.0616. The Bertz CT molecular complexity index is 1400. The number of carbonyl (C=O) groups excluding carboxylic acids is 2. The van der Waals surface area contributed by atoms with Crippen molar-refractivity contribution >= 4 is 17.9 Å². The average molecular weight is 541 g/mol. The molecule has 2 amide bonds. The number of nitrogens with zero attached hydrogens (tertiary/aromatic N) is 4. The second kappa shape index (κ2) is 13.2. The third-order valence-corrected chi connectivity index (χ3v) is 7.12. The predicted octanol–water partition coefficient (Wildman–Crippen LogP) is 5.25. The molecule has 8 heteroatoms. The van der Waals surface area contributed by atoms with Crippen molar-refractivity contribution in [3.05, 3.63) is 114 Å². The van der Waals surface area contributed by atoms with Gasteiger partial charge in [0.05, 0.1) is 19.4 Å². The molecule has 40 heavy (non-hydrogen) atoms. The van der Waals surface area contributed by atoms with Crippen LogP contribution in [0.4, 0.5) is 0 Å². The summed E-state index contributed by atoms with van der Waals surface area (Å²) in [5.41, 5.74) is 2.17. The first kappa shape index (κ1) is 27.3. The van der Waals surface area contributed by atoms with Crippen LogP contribution in [0.3, 0.4) is 0 Å². The lowest BCUT2D eigenvalue weighted by Gasteiger charge is -2.33. The molecule has 0 radical (unpaired) electrons. The van der Waals surface area contributed by atoms with E-state index in [-0.39, 0.29) is 11.8 Å². The molecule has 1 aliphatic rings. The van der Waals surface area contributed by atoms with Crippen molar-refractivity contribution in [2.75, 3.05) is 39.3 Å². The van der Waals surface area contributed by atoms with Gasteiger partial charge in [-0.3, -0.25) is 14.5 Å². The van der Waals surface area contributed by atoms with E-state index in [0.29, 0.717) is 50.0 Å². The molecule has 0 aliphatic carbocycles. The van der Waals surface area contributed by atoms with Crippen molar-refractivity contribution in [2.45, 2.75) is 26.4 Å². The minimum absolute atomic E-state index is 0.0726. The number of carbonyl (C=O) groups is 2. The first-order chi connectivity index (χ1) is 19.6. The Labute approximate surface area is 235 Å². The Kier molecular flexibility index (Phi) is 8.98. The van der Waals surface area contributed by atoms with Crippen molar-refractivity contribution in [2.24, 2.45) is 0 Å². The van der Waals surface area contributed by atoms with E-state index in [4.69, 9.17) is 8.83 Å². The van der Waals surface area contributed by atoms with Gasteiger partial charge in [-0.15, -0.1) is 0 Å². The van der Waals surface area contributed by atoms with Crippen molar-refractivity contribution < 1.29 is 18.4 Å². The minimum Gasteiger partial charge on any atom is -0.459 e. The van der Waals surface area contributed by atoms with Crippen molar-refractivity contribution in [3.8, 4) is 0 Å². The molecule has 0 saturated carbocycles. The highest BCUT2D eigenvalue weighted by molar-refractivity contribution is 5.92. The summed E-state index contributed by atoms with van der Waals surface area (Å²) in [7, 11) is 0. The van der Waals surface area contributed by atoms with Crippen LogP contribution in [0.15, 0.2) is 94.1 Å². The van der Waals surface area contributed by atoms with Crippen LogP contribution < -0.4 is 0 Å². The molecule has 0 N–H and O–H groups in total. The topological polar surface area (TPSA) is 75.1 Å². The molecule has 1 fully saturated rings. The standard InChI is InChI=1S/C32H36N4O4/c1-2-16-36(31(37)29-13-8-23-39-29)24-27-12-7-18-35(27)25-28-14-15-30(40-28)32(38)34-21-19-33(20-22-34)17-6-11-26-9-4-3-5-10-26/h3-15,18,23H,2,16-17,19-22,24-25H2,1H3/b11-6+. The summed E-state index contributed by atoms with van der Waals surface area (Å²) in [6, 6.07) is 21.3. The summed E-state index contributed by atoms with van der Waals surface area (Å²) >= 11 is 0. The SMILES string of the molecule is CCCN(Cc1cccn1Cc1ccc(C(=O)N2CCN(C/C=C/c3ccccc3)CC2)o1)C(=O)c1ccco1. The van der Waals surface area contributed by atoms with Crippen LogP contribution in [-0.4, -0.2) is 70.3 Å². The molecule has 208 valence electrons. The Morgan fingerprint density at radius 2 is 1.75 bits per heavy atom. The number of benzene rings is 1. The molecular formula is C32H36N4O4. The van der Waals surface area contributed by atoms with Crippen LogP contribution in [0, 0.1) is 0 Å². The molecule has 3 aromatic heterocycles. The van der Waals surface area contributed by atoms with Gasteiger partial charge < -0.3 is 23.2 Å². The summed E-state index contributed by atoms with van der Waals surface area (Å²) in [4.78, 5) is 32.0. The molecule has 1 aliphatic heterocycles. The van der Waals surface area contributed by atoms with E-state index in [0.717, 1.165) is 31.7 Å². The van der Waals surface area contributed by atoms with Gasteiger partial charge in [0.15, 0.2) is 11.5 Å². The number of hydrogen-bond acceptors (Lipinski definition) is 5. The fraction of sp³-hybridized carbons (Fsp3) is 0.312. The van der Waals surface area contributed by atoms with Crippen LogP contribution in [0.25, 0.3) is 6.08 Å². The van der Waals surface area contributed by atoms with E-state index in [1.807, 2.05) is 59.0 Å².